The Labute approximate surface area is 228 Å². The van der Waals surface area contributed by atoms with Crippen LogP contribution in [0.1, 0.15) is 16.1 Å². The Balaban J connectivity index is 1.19. The van der Waals surface area contributed by atoms with E-state index in [1.165, 1.54) is 0 Å². The number of rotatable bonds is 18. The van der Waals surface area contributed by atoms with Gasteiger partial charge in [0.1, 0.15) is 5.69 Å². The number of aromatic nitrogens is 3. The molecule has 3 aromatic rings. The van der Waals surface area contributed by atoms with Crippen molar-refractivity contribution in [3.05, 3.63) is 66.0 Å². The molecule has 0 saturated heterocycles. The maximum Gasteiger partial charge on any atom is 0.251 e. The molecule has 210 valence electrons. The monoisotopic (exact) mass is 539 g/mol. The highest BCUT2D eigenvalue weighted by Crippen LogP contribution is 2.21. The number of nitrogens with zero attached hydrogens (tertiary/aromatic N) is 6. The third-order valence-corrected chi connectivity index (χ3v) is 5.40. The number of methoxy groups -OCH3 is 1. The minimum Gasteiger partial charge on any atom is -0.378 e. The summed E-state index contributed by atoms with van der Waals surface area (Å²) in [6, 6.07) is 14.8. The van der Waals surface area contributed by atoms with Crippen LogP contribution in [0.15, 0.2) is 65.0 Å². The molecule has 12 nitrogen and oxygen atoms in total. The van der Waals surface area contributed by atoms with Gasteiger partial charge >= 0.3 is 0 Å². The van der Waals surface area contributed by atoms with E-state index in [4.69, 9.17) is 18.9 Å². The summed E-state index contributed by atoms with van der Waals surface area (Å²) < 4.78 is 23.2. The number of amides is 1. The van der Waals surface area contributed by atoms with E-state index in [0.29, 0.717) is 70.6 Å². The molecule has 1 heterocycles. The van der Waals surface area contributed by atoms with Crippen LogP contribution in [0, 0.1) is 0 Å². The molecule has 0 fully saturated rings. The van der Waals surface area contributed by atoms with Gasteiger partial charge in [-0.05, 0) is 48.5 Å². The Morgan fingerprint density at radius 2 is 1.46 bits per heavy atom. The van der Waals surface area contributed by atoms with Crippen LogP contribution < -0.4 is 10.2 Å². The van der Waals surface area contributed by atoms with E-state index in [2.05, 4.69) is 25.9 Å². The lowest BCUT2D eigenvalue weighted by molar-refractivity contribution is 0.0133. The van der Waals surface area contributed by atoms with Crippen LogP contribution in [0.5, 0.6) is 0 Å². The molecule has 0 bridgehead atoms. The maximum atomic E-state index is 12.3. The molecule has 39 heavy (non-hydrogen) atoms. The van der Waals surface area contributed by atoms with E-state index in [1.807, 2.05) is 49.5 Å². The zero-order valence-electron chi connectivity index (χ0n) is 22.8. The van der Waals surface area contributed by atoms with E-state index in [0.717, 1.165) is 17.1 Å². The van der Waals surface area contributed by atoms with Gasteiger partial charge in [0.15, 0.2) is 0 Å². The number of carbonyl (C=O) groups excluding carboxylic acids is 1. The molecule has 1 aromatic heterocycles. The first-order valence-corrected chi connectivity index (χ1v) is 12.7. The predicted octanol–water partition coefficient (Wildman–Crippen LogP) is 3.39. The zero-order valence-corrected chi connectivity index (χ0v) is 22.8. The van der Waals surface area contributed by atoms with E-state index in [9.17, 15) is 4.79 Å². The quantitative estimate of drug-likeness (QED) is 0.193. The molecule has 0 spiro atoms. The Morgan fingerprint density at radius 3 is 2.08 bits per heavy atom. The minimum absolute atomic E-state index is 0.171. The number of azo groups is 1. The van der Waals surface area contributed by atoms with Gasteiger partial charge < -0.3 is 29.2 Å². The van der Waals surface area contributed by atoms with Crippen LogP contribution in [-0.4, -0.2) is 88.3 Å². The molecule has 0 saturated carbocycles. The second-order valence-corrected chi connectivity index (χ2v) is 8.66. The molecule has 0 aliphatic heterocycles. The first kappa shape index (κ1) is 29.8. The lowest BCUT2D eigenvalue weighted by atomic mass is 10.2. The van der Waals surface area contributed by atoms with E-state index < -0.39 is 0 Å². The van der Waals surface area contributed by atoms with Crippen LogP contribution >= 0.6 is 0 Å². The minimum atomic E-state index is -0.171. The largest absolute Gasteiger partial charge is 0.378 e. The van der Waals surface area contributed by atoms with Crippen molar-refractivity contribution in [2.75, 3.05) is 72.3 Å². The van der Waals surface area contributed by atoms with Crippen molar-refractivity contribution in [1.82, 2.24) is 20.3 Å². The molecule has 1 amide bonds. The van der Waals surface area contributed by atoms with Gasteiger partial charge in [-0.25, -0.2) is 4.68 Å². The van der Waals surface area contributed by atoms with Crippen molar-refractivity contribution < 1.29 is 23.7 Å². The summed E-state index contributed by atoms with van der Waals surface area (Å²) in [6.07, 6.45) is 1.83. The van der Waals surface area contributed by atoms with Crippen LogP contribution in [0.3, 0.4) is 0 Å². The summed E-state index contributed by atoms with van der Waals surface area (Å²) in [5.74, 6) is -0.171. The second kappa shape index (κ2) is 17.0. The van der Waals surface area contributed by atoms with Gasteiger partial charge in [-0.3, -0.25) is 4.79 Å². The Hall–Kier alpha value is -3.71. The zero-order chi connectivity index (χ0) is 27.7. The van der Waals surface area contributed by atoms with Crippen LogP contribution in [-0.2, 0) is 32.1 Å². The molecule has 12 heteroatoms. The van der Waals surface area contributed by atoms with Gasteiger partial charge in [0.05, 0.1) is 70.4 Å². The highest BCUT2D eigenvalue weighted by molar-refractivity contribution is 5.94. The van der Waals surface area contributed by atoms with Crippen molar-refractivity contribution in [1.29, 1.82) is 0 Å². The fourth-order valence-corrected chi connectivity index (χ4v) is 3.31. The van der Waals surface area contributed by atoms with Crippen molar-refractivity contribution in [3.63, 3.8) is 0 Å². The summed E-state index contributed by atoms with van der Waals surface area (Å²) in [6.45, 7) is 4.24. The lowest BCUT2D eigenvalue weighted by Gasteiger charge is -2.11. The molecule has 0 unspecified atom stereocenters. The van der Waals surface area contributed by atoms with Crippen molar-refractivity contribution in [3.8, 4) is 0 Å². The fraction of sp³-hybridized carbons (Fsp3) is 0.444. The number of benzene rings is 2. The van der Waals surface area contributed by atoms with E-state index in [1.54, 1.807) is 36.1 Å². The predicted molar refractivity (Wildman–Crippen MR) is 147 cm³/mol. The Morgan fingerprint density at radius 1 is 0.872 bits per heavy atom. The summed E-state index contributed by atoms with van der Waals surface area (Å²) in [5.41, 5.74) is 3.86. The number of anilines is 1. The van der Waals surface area contributed by atoms with Gasteiger partial charge in [-0.15, -0.1) is 5.10 Å². The summed E-state index contributed by atoms with van der Waals surface area (Å²) in [5, 5.41) is 19.3. The van der Waals surface area contributed by atoms with Crippen molar-refractivity contribution in [2.45, 2.75) is 13.2 Å². The van der Waals surface area contributed by atoms with Gasteiger partial charge in [0.2, 0.25) is 0 Å². The number of hydrogen-bond donors (Lipinski definition) is 1. The van der Waals surface area contributed by atoms with Crippen LogP contribution in [0.25, 0.3) is 0 Å². The van der Waals surface area contributed by atoms with E-state index in [-0.39, 0.29) is 5.91 Å². The molecular weight excluding hydrogens is 502 g/mol. The molecule has 3 rings (SSSR count). The topological polar surface area (TPSA) is 125 Å². The SMILES string of the molecule is COCc1cn(CCOCCOCCOCCNC(=O)c2ccc(N=Nc3ccc(N(C)C)cc3)cc2)nn1. The lowest BCUT2D eigenvalue weighted by Crippen LogP contribution is -2.27. The normalized spacial score (nSPS) is 11.3. The second-order valence-electron chi connectivity index (χ2n) is 8.66. The molecule has 0 atom stereocenters. The van der Waals surface area contributed by atoms with Gasteiger partial charge in [0, 0.05) is 39.0 Å². The van der Waals surface area contributed by atoms with Crippen LogP contribution in [0.2, 0.25) is 0 Å². The fourth-order valence-electron chi connectivity index (χ4n) is 3.31. The standard InChI is InChI=1S/C27H37N7O5/c1-33(2)26-10-8-24(9-11-26)30-29-23-6-4-22(5-7-23)27(35)28-12-14-37-16-18-39-19-17-38-15-13-34-20-25(21-36-3)31-32-34/h4-11,20H,12-19,21H2,1-3H3,(H,28,35). The summed E-state index contributed by atoms with van der Waals surface area (Å²) in [4.78, 5) is 14.3. The van der Waals surface area contributed by atoms with Crippen LogP contribution in [0.4, 0.5) is 17.1 Å². The third-order valence-electron chi connectivity index (χ3n) is 5.40. The number of carbonyl (C=O) groups is 1. The molecule has 0 aliphatic rings. The third kappa shape index (κ3) is 11.3. The smallest absolute Gasteiger partial charge is 0.251 e. The molecule has 1 N–H and O–H groups in total. The highest BCUT2D eigenvalue weighted by Gasteiger charge is 2.05. The average Bonchev–Trinajstić information content (AvgIpc) is 3.40. The first-order valence-electron chi connectivity index (χ1n) is 12.7. The number of hydrogen-bond acceptors (Lipinski definition) is 10. The van der Waals surface area contributed by atoms with Gasteiger partial charge in [0.25, 0.3) is 5.91 Å². The Kier molecular flexibility index (Phi) is 13.0. The molecule has 2 aromatic carbocycles. The van der Waals surface area contributed by atoms with Gasteiger partial charge in [-0.1, -0.05) is 5.21 Å². The Bertz CT molecular complexity index is 1130. The highest BCUT2D eigenvalue weighted by atomic mass is 16.5. The number of nitrogens with one attached hydrogen (secondary N) is 1. The molecule has 0 aliphatic carbocycles. The summed E-state index contributed by atoms with van der Waals surface area (Å²) in [7, 11) is 5.59. The summed E-state index contributed by atoms with van der Waals surface area (Å²) >= 11 is 0. The first-order chi connectivity index (χ1) is 19.0. The maximum absolute atomic E-state index is 12.3. The van der Waals surface area contributed by atoms with E-state index >= 15 is 0 Å². The number of ether oxygens (including phenoxy) is 4. The van der Waals surface area contributed by atoms with Crippen molar-refractivity contribution in [2.24, 2.45) is 10.2 Å². The van der Waals surface area contributed by atoms with Crippen molar-refractivity contribution >= 4 is 23.0 Å². The molecular formula is C27H37N7O5. The average molecular weight is 540 g/mol. The molecule has 0 radical (unpaired) electrons. The van der Waals surface area contributed by atoms with Gasteiger partial charge in [-0.2, -0.15) is 10.2 Å².